The minimum absolute atomic E-state index is 0.240. The zero-order chi connectivity index (χ0) is 23.0. The predicted octanol–water partition coefficient (Wildman–Crippen LogP) is 3.65. The lowest BCUT2D eigenvalue weighted by atomic mass is 10.0. The number of quaternary nitrogens is 1. The van der Waals surface area contributed by atoms with E-state index < -0.39 is 0 Å². The second-order valence-corrected chi connectivity index (χ2v) is 8.79. The van der Waals surface area contributed by atoms with Crippen molar-refractivity contribution in [2.45, 2.75) is 0 Å². The van der Waals surface area contributed by atoms with E-state index in [4.69, 9.17) is 0 Å². The summed E-state index contributed by atoms with van der Waals surface area (Å²) in [5.74, 6) is 0.959. The smallest absolute Gasteiger partial charge is 0.257 e. The van der Waals surface area contributed by atoms with Crippen LogP contribution < -0.4 is 10.2 Å². The van der Waals surface area contributed by atoms with Gasteiger partial charge < -0.3 is 24.6 Å². The largest absolute Gasteiger partial charge is 0.633 e. The average Bonchev–Trinajstić information content (AvgIpc) is 3.25. The number of pyridine rings is 2. The van der Waals surface area contributed by atoms with Crippen LogP contribution in [0.25, 0.3) is 21.9 Å². The Morgan fingerprint density at radius 3 is 2.61 bits per heavy atom. The molecule has 1 aliphatic heterocycles. The van der Waals surface area contributed by atoms with Gasteiger partial charge in [0.05, 0.1) is 33.2 Å². The maximum atomic E-state index is 12.9. The van der Waals surface area contributed by atoms with Gasteiger partial charge in [0.2, 0.25) is 0 Å². The van der Waals surface area contributed by atoms with Crippen molar-refractivity contribution in [3.8, 4) is 11.1 Å². The number of fused-ring (bicyclic) bond motifs is 1. The summed E-state index contributed by atoms with van der Waals surface area (Å²) in [4.78, 5) is 23.8. The maximum Gasteiger partial charge on any atom is 0.257 e. The highest BCUT2D eigenvalue weighted by Crippen LogP contribution is 2.26. The van der Waals surface area contributed by atoms with Gasteiger partial charge in [-0.25, -0.2) is 9.97 Å². The molecule has 1 aromatic carbocycles. The van der Waals surface area contributed by atoms with Crippen LogP contribution in [0.3, 0.4) is 0 Å². The number of anilines is 2. The fraction of sp³-hybridized carbons (Fsp3) is 0.240. The lowest BCUT2D eigenvalue weighted by Crippen LogP contribution is -2.54. The lowest BCUT2D eigenvalue weighted by Gasteiger charge is -2.45. The van der Waals surface area contributed by atoms with E-state index in [1.165, 1.54) is 0 Å². The number of carbonyl (C=O) groups excluding carboxylic acids is 1. The number of aryl methyl sites for hydroxylation is 1. The second kappa shape index (κ2) is 8.31. The number of piperazine rings is 1. The Kier molecular flexibility index (Phi) is 5.32. The third kappa shape index (κ3) is 4.57. The van der Waals surface area contributed by atoms with E-state index in [0.717, 1.165) is 21.9 Å². The van der Waals surface area contributed by atoms with Gasteiger partial charge in [0, 0.05) is 42.8 Å². The Hall–Kier alpha value is -3.75. The van der Waals surface area contributed by atoms with Crippen molar-refractivity contribution in [1.82, 2.24) is 14.5 Å². The third-order valence-corrected chi connectivity index (χ3v) is 6.15. The fourth-order valence-corrected chi connectivity index (χ4v) is 4.10. The molecule has 1 saturated heterocycles. The first kappa shape index (κ1) is 21.1. The summed E-state index contributed by atoms with van der Waals surface area (Å²) in [6.45, 7) is 2.25. The molecule has 1 N–H and O–H groups in total. The minimum atomic E-state index is -0.244. The molecule has 4 aromatic rings. The number of aromatic nitrogens is 3. The second-order valence-electron chi connectivity index (χ2n) is 8.79. The van der Waals surface area contributed by atoms with Gasteiger partial charge in [-0.1, -0.05) is 12.1 Å². The zero-order valence-corrected chi connectivity index (χ0v) is 18.7. The topological polar surface area (TPSA) is 86.1 Å². The van der Waals surface area contributed by atoms with Gasteiger partial charge in [-0.05, 0) is 46.8 Å². The van der Waals surface area contributed by atoms with E-state index in [9.17, 15) is 10.0 Å². The number of hydrogen-bond donors (Lipinski definition) is 1. The normalized spacial score (nSPS) is 15.5. The van der Waals surface area contributed by atoms with Crippen molar-refractivity contribution in [3.05, 3.63) is 78.0 Å². The lowest BCUT2D eigenvalue weighted by molar-refractivity contribution is -0.861. The van der Waals surface area contributed by atoms with E-state index in [1.54, 1.807) is 31.6 Å². The van der Waals surface area contributed by atoms with Gasteiger partial charge in [0.15, 0.2) is 0 Å². The standard InChI is InChI=1S/C25H26N6O2/c1-29-8-6-21(17-29)18-3-4-20-16-27-23(14-22(20)13-18)28-25(32)19-5-7-26-24(15-19)30-9-11-31(2,33)12-10-30/h3-8,13-17H,9-12H2,1-2H3,(H,27,28,32). The van der Waals surface area contributed by atoms with Crippen LogP contribution in [0.5, 0.6) is 0 Å². The molecule has 0 atom stereocenters. The Morgan fingerprint density at radius 2 is 1.85 bits per heavy atom. The first-order chi connectivity index (χ1) is 15.9. The molecule has 8 nitrogen and oxygen atoms in total. The molecule has 3 aromatic heterocycles. The number of nitrogens with one attached hydrogen (secondary N) is 1. The van der Waals surface area contributed by atoms with Crippen LogP contribution in [0.1, 0.15) is 10.4 Å². The molecule has 4 heterocycles. The van der Waals surface area contributed by atoms with Gasteiger partial charge in [-0.2, -0.15) is 0 Å². The van der Waals surface area contributed by atoms with Crippen LogP contribution in [0, 0.1) is 5.21 Å². The summed E-state index contributed by atoms with van der Waals surface area (Å²) in [6, 6.07) is 13.6. The number of hydrogen-bond acceptors (Lipinski definition) is 5. The van der Waals surface area contributed by atoms with Gasteiger partial charge in [-0.15, -0.1) is 0 Å². The van der Waals surface area contributed by atoms with Crippen LogP contribution in [0.2, 0.25) is 0 Å². The molecule has 168 valence electrons. The first-order valence-electron chi connectivity index (χ1n) is 11.0. The van der Waals surface area contributed by atoms with Crippen LogP contribution in [-0.4, -0.2) is 58.3 Å². The number of rotatable bonds is 4. The van der Waals surface area contributed by atoms with Crippen LogP contribution in [0.4, 0.5) is 11.6 Å². The highest BCUT2D eigenvalue weighted by atomic mass is 16.5. The van der Waals surface area contributed by atoms with Gasteiger partial charge in [-0.3, -0.25) is 4.79 Å². The molecule has 0 unspecified atom stereocenters. The summed E-state index contributed by atoms with van der Waals surface area (Å²) >= 11 is 0. The molecule has 0 bridgehead atoms. The van der Waals surface area contributed by atoms with E-state index >= 15 is 0 Å². The Balaban J connectivity index is 1.34. The SMILES string of the molecule is Cn1ccc(-c2ccc3cnc(NC(=O)c4ccnc(N5CC[N+](C)([O-])CC5)c4)cc3c2)c1. The molecule has 8 heteroatoms. The summed E-state index contributed by atoms with van der Waals surface area (Å²) in [5.41, 5.74) is 2.75. The Labute approximate surface area is 192 Å². The molecule has 0 spiro atoms. The maximum absolute atomic E-state index is 12.9. The predicted molar refractivity (Wildman–Crippen MR) is 130 cm³/mol. The molecule has 0 aliphatic carbocycles. The number of nitrogens with zero attached hydrogens (tertiary/aromatic N) is 5. The highest BCUT2D eigenvalue weighted by Gasteiger charge is 2.23. The zero-order valence-electron chi connectivity index (χ0n) is 18.7. The van der Waals surface area contributed by atoms with Crippen molar-refractivity contribution in [2.24, 2.45) is 7.05 Å². The van der Waals surface area contributed by atoms with Crippen LogP contribution in [0.15, 0.2) is 67.3 Å². The van der Waals surface area contributed by atoms with Crippen molar-refractivity contribution < 1.29 is 9.44 Å². The van der Waals surface area contributed by atoms with Crippen LogP contribution >= 0.6 is 0 Å². The molecular weight excluding hydrogens is 416 g/mol. The molecule has 0 saturated carbocycles. The van der Waals surface area contributed by atoms with Gasteiger partial charge in [0.25, 0.3) is 5.91 Å². The Bertz CT molecular complexity index is 1320. The molecular formula is C25H26N6O2. The van der Waals surface area contributed by atoms with Crippen molar-refractivity contribution in [1.29, 1.82) is 0 Å². The number of likely N-dealkylation sites (N-methyl/N-ethyl adjacent to an activating group) is 1. The average molecular weight is 443 g/mol. The molecule has 0 radical (unpaired) electrons. The summed E-state index contributed by atoms with van der Waals surface area (Å²) in [5, 5.41) is 17.0. The van der Waals surface area contributed by atoms with E-state index in [1.807, 2.05) is 34.8 Å². The highest BCUT2D eigenvalue weighted by molar-refractivity contribution is 6.05. The molecule has 5 rings (SSSR count). The van der Waals surface area contributed by atoms with Crippen molar-refractivity contribution in [2.75, 3.05) is 43.4 Å². The molecule has 1 fully saturated rings. The molecule has 1 aliphatic rings. The number of hydroxylamine groups is 3. The Morgan fingerprint density at radius 1 is 1.03 bits per heavy atom. The van der Waals surface area contributed by atoms with E-state index in [2.05, 4.69) is 39.7 Å². The van der Waals surface area contributed by atoms with Crippen LogP contribution in [-0.2, 0) is 7.05 Å². The first-order valence-corrected chi connectivity index (χ1v) is 11.0. The molecule has 33 heavy (non-hydrogen) atoms. The summed E-state index contributed by atoms with van der Waals surface area (Å²) in [7, 11) is 3.69. The monoisotopic (exact) mass is 442 g/mol. The quantitative estimate of drug-likeness (QED) is 0.385. The molecule has 1 amide bonds. The fourth-order valence-electron chi connectivity index (χ4n) is 4.10. The number of benzene rings is 1. The van der Waals surface area contributed by atoms with Gasteiger partial charge >= 0.3 is 0 Å². The van der Waals surface area contributed by atoms with Crippen molar-refractivity contribution in [3.63, 3.8) is 0 Å². The summed E-state index contributed by atoms with van der Waals surface area (Å²) < 4.78 is 1.78. The van der Waals surface area contributed by atoms with Gasteiger partial charge in [0.1, 0.15) is 11.6 Å². The van der Waals surface area contributed by atoms with E-state index in [-0.39, 0.29) is 10.6 Å². The number of carbonyl (C=O) groups is 1. The number of amides is 1. The minimum Gasteiger partial charge on any atom is -0.633 e. The third-order valence-electron chi connectivity index (χ3n) is 6.15. The van der Waals surface area contributed by atoms with Crippen molar-refractivity contribution >= 4 is 28.3 Å². The summed E-state index contributed by atoms with van der Waals surface area (Å²) in [6.07, 6.45) is 7.49. The van der Waals surface area contributed by atoms with E-state index in [0.29, 0.717) is 43.4 Å².